The van der Waals surface area contributed by atoms with Gasteiger partial charge in [0.1, 0.15) is 5.75 Å². The van der Waals surface area contributed by atoms with Crippen molar-refractivity contribution in [3.8, 4) is 5.75 Å². The topological polar surface area (TPSA) is 82.1 Å². The summed E-state index contributed by atoms with van der Waals surface area (Å²) in [5.41, 5.74) is 1.10. The highest BCUT2D eigenvalue weighted by Gasteiger charge is 2.29. The molecule has 0 aromatic heterocycles. The van der Waals surface area contributed by atoms with Crippen molar-refractivity contribution in [2.45, 2.75) is 71.6 Å². The Labute approximate surface area is 194 Å². The van der Waals surface area contributed by atoms with Gasteiger partial charge < -0.3 is 20.1 Å². The standard InChI is InChI=1S/C25H43N3O4/c1-8-10-21(22(9-2)32-7)28(6)23(30)17-26-25(31)24(18(3)4)27(5)16-15-19-11-13-20(29)14-12-19/h11-14,18,21-22,24,29H,8-10,15-17H2,1-7H3,(H,26,31)/t21?,22-,24?/m1/s1. The van der Waals surface area contributed by atoms with Crippen molar-refractivity contribution in [2.75, 3.05) is 34.3 Å². The van der Waals surface area contributed by atoms with E-state index in [1.54, 1.807) is 31.2 Å². The number of rotatable bonds is 14. The highest BCUT2D eigenvalue weighted by molar-refractivity contribution is 5.87. The highest BCUT2D eigenvalue weighted by atomic mass is 16.5. The van der Waals surface area contributed by atoms with Crippen LogP contribution in [0.1, 0.15) is 52.5 Å². The molecule has 7 nitrogen and oxygen atoms in total. The van der Waals surface area contributed by atoms with Crippen molar-refractivity contribution in [3.05, 3.63) is 29.8 Å². The maximum absolute atomic E-state index is 13.0. The van der Waals surface area contributed by atoms with E-state index in [-0.39, 0.29) is 48.2 Å². The third-order valence-electron chi connectivity index (χ3n) is 6.09. The molecule has 0 radical (unpaired) electrons. The molecular formula is C25H43N3O4. The van der Waals surface area contributed by atoms with E-state index >= 15 is 0 Å². The number of hydrogen-bond acceptors (Lipinski definition) is 5. The summed E-state index contributed by atoms with van der Waals surface area (Å²) in [5, 5.41) is 12.3. The predicted octanol–water partition coefficient (Wildman–Crippen LogP) is 3.06. The largest absolute Gasteiger partial charge is 0.508 e. The van der Waals surface area contributed by atoms with E-state index in [1.165, 1.54) is 0 Å². The molecule has 182 valence electrons. The zero-order valence-electron chi connectivity index (χ0n) is 20.9. The van der Waals surface area contributed by atoms with Crippen molar-refractivity contribution in [2.24, 2.45) is 5.92 Å². The van der Waals surface area contributed by atoms with Crippen LogP contribution >= 0.6 is 0 Å². The number of carbonyl (C=O) groups excluding carboxylic acids is 2. The van der Waals surface area contributed by atoms with Crippen LogP contribution in [0.3, 0.4) is 0 Å². The first kappa shape index (κ1) is 27.9. The smallest absolute Gasteiger partial charge is 0.242 e. The number of phenols is 1. The fourth-order valence-electron chi connectivity index (χ4n) is 4.22. The quantitative estimate of drug-likeness (QED) is 0.456. The molecule has 2 N–H and O–H groups in total. The normalized spacial score (nSPS) is 14.3. The lowest BCUT2D eigenvalue weighted by atomic mass is 10.0. The summed E-state index contributed by atoms with van der Waals surface area (Å²) in [5.74, 6) is 0.0916. The highest BCUT2D eigenvalue weighted by Crippen LogP contribution is 2.16. The van der Waals surface area contributed by atoms with Crippen molar-refractivity contribution < 1.29 is 19.4 Å². The lowest BCUT2D eigenvalue weighted by Gasteiger charge is -2.34. The number of phenolic OH excluding ortho intramolecular Hbond substituents is 1. The van der Waals surface area contributed by atoms with E-state index in [2.05, 4.69) is 19.2 Å². The molecule has 3 atom stereocenters. The number of carbonyl (C=O) groups is 2. The summed E-state index contributed by atoms with van der Waals surface area (Å²) >= 11 is 0. The Kier molecular flexibility index (Phi) is 12.3. The Morgan fingerprint density at radius 2 is 1.75 bits per heavy atom. The first-order valence-corrected chi connectivity index (χ1v) is 11.7. The van der Waals surface area contributed by atoms with Crippen molar-refractivity contribution in [1.82, 2.24) is 15.1 Å². The fraction of sp³-hybridized carbons (Fsp3) is 0.680. The van der Waals surface area contributed by atoms with E-state index in [0.29, 0.717) is 6.54 Å². The molecule has 2 amide bonds. The number of methoxy groups -OCH3 is 1. The van der Waals surface area contributed by atoms with E-state index in [9.17, 15) is 14.7 Å². The van der Waals surface area contributed by atoms with Crippen LogP contribution in [-0.4, -0.2) is 79.2 Å². The Bertz CT molecular complexity index is 689. The van der Waals surface area contributed by atoms with E-state index in [4.69, 9.17) is 4.74 Å². The van der Waals surface area contributed by atoms with Crippen LogP contribution in [0, 0.1) is 5.92 Å². The number of ether oxygens (including phenoxy) is 1. The number of nitrogens with one attached hydrogen (secondary N) is 1. The maximum Gasteiger partial charge on any atom is 0.242 e. The second-order valence-electron chi connectivity index (χ2n) is 8.85. The number of likely N-dealkylation sites (N-methyl/N-ethyl adjacent to an activating group) is 2. The zero-order valence-corrected chi connectivity index (χ0v) is 20.9. The van der Waals surface area contributed by atoms with Gasteiger partial charge in [-0.05, 0) is 49.9 Å². The van der Waals surface area contributed by atoms with Gasteiger partial charge in [-0.2, -0.15) is 0 Å². The van der Waals surface area contributed by atoms with E-state index in [1.807, 2.05) is 37.9 Å². The van der Waals surface area contributed by atoms with E-state index < -0.39 is 0 Å². The van der Waals surface area contributed by atoms with Gasteiger partial charge in [0.2, 0.25) is 11.8 Å². The van der Waals surface area contributed by atoms with Gasteiger partial charge in [0.25, 0.3) is 0 Å². The van der Waals surface area contributed by atoms with Gasteiger partial charge in [-0.3, -0.25) is 14.5 Å². The molecule has 0 aliphatic heterocycles. The van der Waals surface area contributed by atoms with Crippen molar-refractivity contribution in [3.63, 3.8) is 0 Å². The summed E-state index contributed by atoms with van der Waals surface area (Å²) in [6, 6.07) is 6.77. The van der Waals surface area contributed by atoms with Gasteiger partial charge in [0.15, 0.2) is 0 Å². The van der Waals surface area contributed by atoms with Crippen LogP contribution in [0.4, 0.5) is 0 Å². The minimum Gasteiger partial charge on any atom is -0.508 e. The molecule has 1 rings (SSSR count). The molecule has 0 heterocycles. The average Bonchev–Trinajstić information content (AvgIpc) is 2.76. The second-order valence-corrected chi connectivity index (χ2v) is 8.85. The minimum absolute atomic E-state index is 0.00622. The van der Waals surface area contributed by atoms with Gasteiger partial charge >= 0.3 is 0 Å². The minimum atomic E-state index is -0.334. The molecule has 0 fully saturated rings. The lowest BCUT2D eigenvalue weighted by molar-refractivity contribution is -0.137. The molecule has 0 aliphatic carbocycles. The summed E-state index contributed by atoms with van der Waals surface area (Å²) in [6.45, 7) is 8.84. The van der Waals surface area contributed by atoms with Crippen LogP contribution in [-0.2, 0) is 20.7 Å². The molecule has 0 aliphatic rings. The molecule has 0 spiro atoms. The molecule has 1 aromatic rings. The SMILES string of the molecule is CCCC([C@@H](CC)OC)N(C)C(=O)CNC(=O)C(C(C)C)N(C)CCc1ccc(O)cc1. The molecular weight excluding hydrogens is 406 g/mol. The molecule has 2 unspecified atom stereocenters. The number of amides is 2. The van der Waals surface area contributed by atoms with Gasteiger partial charge in [-0.1, -0.05) is 46.2 Å². The Morgan fingerprint density at radius 3 is 2.25 bits per heavy atom. The predicted molar refractivity (Wildman–Crippen MR) is 129 cm³/mol. The monoisotopic (exact) mass is 449 g/mol. The summed E-state index contributed by atoms with van der Waals surface area (Å²) in [7, 11) is 5.40. The van der Waals surface area contributed by atoms with Gasteiger partial charge in [-0.15, -0.1) is 0 Å². The van der Waals surface area contributed by atoms with Crippen LogP contribution in [0.25, 0.3) is 0 Å². The summed E-state index contributed by atoms with van der Waals surface area (Å²) < 4.78 is 5.58. The van der Waals surface area contributed by atoms with Crippen LogP contribution < -0.4 is 5.32 Å². The van der Waals surface area contributed by atoms with Crippen LogP contribution in [0.2, 0.25) is 0 Å². The van der Waals surface area contributed by atoms with Crippen molar-refractivity contribution >= 4 is 11.8 Å². The molecule has 0 saturated carbocycles. The molecule has 32 heavy (non-hydrogen) atoms. The van der Waals surface area contributed by atoms with Crippen molar-refractivity contribution in [1.29, 1.82) is 0 Å². The number of nitrogens with zero attached hydrogens (tertiary/aromatic N) is 2. The van der Waals surface area contributed by atoms with Gasteiger partial charge in [-0.25, -0.2) is 0 Å². The van der Waals surface area contributed by atoms with Gasteiger partial charge in [0, 0.05) is 20.7 Å². The molecule has 0 bridgehead atoms. The summed E-state index contributed by atoms with van der Waals surface area (Å²) in [4.78, 5) is 29.5. The third kappa shape index (κ3) is 8.43. The number of aromatic hydroxyl groups is 1. The first-order valence-electron chi connectivity index (χ1n) is 11.7. The lowest BCUT2D eigenvalue weighted by Crippen LogP contribution is -2.52. The molecule has 7 heteroatoms. The molecule has 1 aromatic carbocycles. The maximum atomic E-state index is 13.0. The first-order chi connectivity index (χ1) is 15.2. The van der Waals surface area contributed by atoms with Gasteiger partial charge in [0.05, 0.1) is 24.7 Å². The fourth-order valence-corrected chi connectivity index (χ4v) is 4.22. The second kappa shape index (κ2) is 14.1. The Hall–Kier alpha value is -2.12. The zero-order chi connectivity index (χ0) is 24.3. The average molecular weight is 450 g/mol. The summed E-state index contributed by atoms with van der Waals surface area (Å²) in [6.07, 6.45) is 3.39. The Balaban J connectivity index is 2.70. The van der Waals surface area contributed by atoms with Crippen LogP contribution in [0.5, 0.6) is 5.75 Å². The Morgan fingerprint density at radius 1 is 1.12 bits per heavy atom. The number of hydrogen-bond donors (Lipinski definition) is 2. The number of benzene rings is 1. The third-order valence-corrected chi connectivity index (χ3v) is 6.09. The van der Waals surface area contributed by atoms with E-state index in [0.717, 1.165) is 31.2 Å². The van der Waals surface area contributed by atoms with Crippen LogP contribution in [0.15, 0.2) is 24.3 Å². The molecule has 0 saturated heterocycles.